The van der Waals surface area contributed by atoms with Crippen LogP contribution in [0.15, 0.2) is 28.7 Å². The van der Waals surface area contributed by atoms with E-state index in [0.717, 1.165) is 36.4 Å². The lowest BCUT2D eigenvalue weighted by molar-refractivity contribution is 0.0202. The maximum absolute atomic E-state index is 6.16. The highest BCUT2D eigenvalue weighted by Crippen LogP contribution is 2.34. The highest BCUT2D eigenvalue weighted by atomic mass is 79.9. The molecule has 0 N–H and O–H groups in total. The van der Waals surface area contributed by atoms with E-state index in [1.54, 1.807) is 0 Å². The van der Waals surface area contributed by atoms with Crippen molar-refractivity contribution in [3.63, 3.8) is 0 Å². The van der Waals surface area contributed by atoms with Crippen molar-refractivity contribution in [1.29, 1.82) is 0 Å². The zero-order valence-corrected chi connectivity index (χ0v) is 19.6. The fourth-order valence-corrected chi connectivity index (χ4v) is 6.68. The van der Waals surface area contributed by atoms with Gasteiger partial charge in [0, 0.05) is 36.9 Å². The lowest BCUT2D eigenvalue weighted by Gasteiger charge is -2.30. The minimum Gasteiger partial charge on any atom is -0.378 e. The number of hydrogen-bond donors (Lipinski definition) is 0. The molecule has 1 aromatic rings. The van der Waals surface area contributed by atoms with Crippen LogP contribution in [-0.2, 0) is 18.0 Å². The maximum atomic E-state index is 6.16. The Hall–Kier alpha value is -0.243. The van der Waals surface area contributed by atoms with Crippen molar-refractivity contribution < 1.29 is 18.0 Å². The standard InChI is InChI=1S/C21H35BrO4Si/c1-4-24-27(25-5-2,26-6-3)17-7-16-23-21-14-10-19(11-15-21)18-8-12-20(22)13-9-18/h8-9,12-13,19,21H,4-7,10-11,14-17H2,1-3H3. The van der Waals surface area contributed by atoms with Crippen molar-refractivity contribution >= 4 is 24.7 Å². The SMILES string of the molecule is CCO[Si](CCCOC1CCC(c2ccc(Br)cc2)CC1)(OCC)OCC. The molecule has 0 aromatic heterocycles. The van der Waals surface area contributed by atoms with Gasteiger partial charge in [0.05, 0.1) is 6.10 Å². The van der Waals surface area contributed by atoms with Crippen LogP contribution in [0.2, 0.25) is 6.04 Å². The zero-order chi connectivity index (χ0) is 19.5. The Morgan fingerprint density at radius 1 is 0.889 bits per heavy atom. The normalized spacial score (nSPS) is 20.7. The molecule has 0 spiro atoms. The van der Waals surface area contributed by atoms with Gasteiger partial charge in [0.25, 0.3) is 0 Å². The third-order valence-electron chi connectivity index (χ3n) is 5.09. The molecule has 2 rings (SSSR count). The van der Waals surface area contributed by atoms with Crippen LogP contribution in [0.25, 0.3) is 0 Å². The van der Waals surface area contributed by atoms with Gasteiger partial charge in [-0.3, -0.25) is 0 Å². The van der Waals surface area contributed by atoms with Gasteiger partial charge in [-0.05, 0) is 76.5 Å². The number of halogens is 1. The van der Waals surface area contributed by atoms with Crippen LogP contribution in [-0.4, -0.2) is 41.3 Å². The minimum atomic E-state index is -2.53. The number of ether oxygens (including phenoxy) is 1. The first-order chi connectivity index (χ1) is 13.1. The first-order valence-electron chi connectivity index (χ1n) is 10.4. The molecule has 0 radical (unpaired) electrons. The van der Waals surface area contributed by atoms with E-state index in [4.69, 9.17) is 18.0 Å². The summed E-state index contributed by atoms with van der Waals surface area (Å²) in [4.78, 5) is 0. The van der Waals surface area contributed by atoms with E-state index in [1.165, 1.54) is 18.4 Å². The Labute approximate surface area is 174 Å². The molecule has 0 heterocycles. The summed E-state index contributed by atoms with van der Waals surface area (Å²) < 4.78 is 25.0. The van der Waals surface area contributed by atoms with Gasteiger partial charge in [0.2, 0.25) is 0 Å². The van der Waals surface area contributed by atoms with E-state index in [0.29, 0.717) is 31.8 Å². The topological polar surface area (TPSA) is 36.9 Å². The Kier molecular flexibility index (Phi) is 10.5. The summed E-state index contributed by atoms with van der Waals surface area (Å²) in [5, 5.41) is 0. The summed E-state index contributed by atoms with van der Waals surface area (Å²) in [6.45, 7) is 8.66. The van der Waals surface area contributed by atoms with Crippen LogP contribution >= 0.6 is 15.9 Å². The molecule has 0 unspecified atom stereocenters. The molecule has 0 saturated heterocycles. The Morgan fingerprint density at radius 3 is 1.96 bits per heavy atom. The summed E-state index contributed by atoms with van der Waals surface area (Å²) in [7, 11) is -2.53. The molecule has 0 aliphatic heterocycles. The third-order valence-corrected chi connectivity index (χ3v) is 8.77. The summed E-state index contributed by atoms with van der Waals surface area (Å²) in [5.74, 6) is 0.673. The molecule has 4 nitrogen and oxygen atoms in total. The zero-order valence-electron chi connectivity index (χ0n) is 17.0. The minimum absolute atomic E-state index is 0.388. The first kappa shape index (κ1) is 23.0. The number of benzene rings is 1. The van der Waals surface area contributed by atoms with Crippen molar-refractivity contribution in [3.05, 3.63) is 34.3 Å². The molecule has 6 heteroatoms. The van der Waals surface area contributed by atoms with E-state index in [9.17, 15) is 0 Å². The van der Waals surface area contributed by atoms with Gasteiger partial charge in [-0.15, -0.1) is 0 Å². The molecule has 0 amide bonds. The van der Waals surface area contributed by atoms with Gasteiger partial charge in [0.15, 0.2) is 0 Å². The monoisotopic (exact) mass is 458 g/mol. The van der Waals surface area contributed by atoms with Crippen molar-refractivity contribution in [2.75, 3.05) is 26.4 Å². The maximum Gasteiger partial charge on any atom is 0.501 e. The molecule has 0 bridgehead atoms. The van der Waals surface area contributed by atoms with Gasteiger partial charge in [-0.1, -0.05) is 28.1 Å². The summed E-state index contributed by atoms with van der Waals surface area (Å²) in [6.07, 6.45) is 6.03. The lowest BCUT2D eigenvalue weighted by atomic mass is 9.83. The molecule has 27 heavy (non-hydrogen) atoms. The van der Waals surface area contributed by atoms with Gasteiger partial charge in [-0.2, -0.15) is 0 Å². The molecule has 154 valence electrons. The summed E-state index contributed by atoms with van der Waals surface area (Å²) >= 11 is 3.51. The van der Waals surface area contributed by atoms with Crippen LogP contribution in [0.4, 0.5) is 0 Å². The van der Waals surface area contributed by atoms with E-state index in [2.05, 4.69) is 40.2 Å². The number of rotatable bonds is 12. The average Bonchev–Trinajstić information content (AvgIpc) is 2.67. The second-order valence-electron chi connectivity index (χ2n) is 6.98. The number of hydrogen-bond acceptors (Lipinski definition) is 4. The molecular weight excluding hydrogens is 424 g/mol. The van der Waals surface area contributed by atoms with Crippen molar-refractivity contribution in [2.24, 2.45) is 0 Å². The van der Waals surface area contributed by atoms with Gasteiger partial charge in [0.1, 0.15) is 0 Å². The van der Waals surface area contributed by atoms with E-state index in [-0.39, 0.29) is 0 Å². The van der Waals surface area contributed by atoms with E-state index < -0.39 is 8.80 Å². The highest BCUT2D eigenvalue weighted by molar-refractivity contribution is 9.10. The second kappa shape index (κ2) is 12.3. The van der Waals surface area contributed by atoms with Crippen molar-refractivity contribution in [2.45, 2.75) is 70.9 Å². The van der Waals surface area contributed by atoms with Crippen LogP contribution in [0.3, 0.4) is 0 Å². The third kappa shape index (κ3) is 7.59. The fraction of sp³-hybridized carbons (Fsp3) is 0.714. The fourth-order valence-electron chi connectivity index (χ4n) is 3.84. The molecule has 0 atom stereocenters. The second-order valence-corrected chi connectivity index (χ2v) is 10.6. The largest absolute Gasteiger partial charge is 0.501 e. The average molecular weight is 459 g/mol. The molecule has 1 aromatic carbocycles. The molecule has 1 fully saturated rings. The lowest BCUT2D eigenvalue weighted by Crippen LogP contribution is -2.46. The highest BCUT2D eigenvalue weighted by Gasteiger charge is 2.39. The van der Waals surface area contributed by atoms with Gasteiger partial charge >= 0.3 is 8.80 Å². The molecule has 1 aliphatic carbocycles. The van der Waals surface area contributed by atoms with Crippen LogP contribution < -0.4 is 0 Å². The Morgan fingerprint density at radius 2 is 1.44 bits per heavy atom. The quantitative estimate of drug-likeness (QED) is 0.287. The van der Waals surface area contributed by atoms with Crippen LogP contribution in [0.5, 0.6) is 0 Å². The van der Waals surface area contributed by atoms with E-state index >= 15 is 0 Å². The Bertz CT molecular complexity index is 500. The smallest absolute Gasteiger partial charge is 0.378 e. The summed E-state index contributed by atoms with van der Waals surface area (Å²) in [6, 6.07) is 9.60. The predicted octanol–water partition coefficient (Wildman–Crippen LogP) is 5.93. The van der Waals surface area contributed by atoms with Crippen molar-refractivity contribution in [3.8, 4) is 0 Å². The molecular formula is C21H35BrO4Si. The predicted molar refractivity (Wildman–Crippen MR) is 115 cm³/mol. The van der Waals surface area contributed by atoms with Gasteiger partial charge < -0.3 is 18.0 Å². The van der Waals surface area contributed by atoms with Crippen molar-refractivity contribution in [1.82, 2.24) is 0 Å². The first-order valence-corrected chi connectivity index (χ1v) is 13.1. The van der Waals surface area contributed by atoms with Crippen LogP contribution in [0.1, 0.15) is 64.4 Å². The molecule has 1 saturated carbocycles. The summed E-state index contributed by atoms with van der Waals surface area (Å²) in [5.41, 5.74) is 1.46. The molecule has 1 aliphatic rings. The van der Waals surface area contributed by atoms with Gasteiger partial charge in [-0.25, -0.2) is 0 Å². The van der Waals surface area contributed by atoms with Crippen LogP contribution in [0, 0.1) is 0 Å². The Balaban J connectivity index is 1.70. The van der Waals surface area contributed by atoms with E-state index in [1.807, 2.05) is 20.8 Å².